The van der Waals surface area contributed by atoms with Crippen LogP contribution in [0.3, 0.4) is 0 Å². The molecule has 2 rings (SSSR count). The number of sulfone groups is 1. The van der Waals surface area contributed by atoms with Crippen LogP contribution in [-0.4, -0.2) is 25.7 Å². The molecular formula is C15H13ClO5S. The van der Waals surface area contributed by atoms with Crippen molar-refractivity contribution in [1.82, 2.24) is 0 Å². The van der Waals surface area contributed by atoms with Gasteiger partial charge in [-0.3, -0.25) is 4.79 Å². The maximum absolute atomic E-state index is 11.4. The van der Waals surface area contributed by atoms with Crippen molar-refractivity contribution in [3.63, 3.8) is 0 Å². The van der Waals surface area contributed by atoms with Gasteiger partial charge in [0.15, 0.2) is 9.84 Å². The predicted octanol–water partition coefficient (Wildman–Crippen LogP) is 3.16. The summed E-state index contributed by atoms with van der Waals surface area (Å²) < 4.78 is 28.4. The zero-order chi connectivity index (χ0) is 16.3. The Bertz CT molecular complexity index is 797. The van der Waals surface area contributed by atoms with E-state index >= 15 is 0 Å². The highest BCUT2D eigenvalue weighted by atomic mass is 35.5. The van der Waals surface area contributed by atoms with Gasteiger partial charge in [-0.25, -0.2) is 8.42 Å². The van der Waals surface area contributed by atoms with Gasteiger partial charge in [0.1, 0.15) is 11.5 Å². The number of rotatable bonds is 5. The molecule has 0 bridgehead atoms. The van der Waals surface area contributed by atoms with Crippen molar-refractivity contribution in [2.45, 2.75) is 11.3 Å². The van der Waals surface area contributed by atoms with E-state index in [1.807, 2.05) is 0 Å². The number of hydrogen-bond acceptors (Lipinski definition) is 4. The average molecular weight is 341 g/mol. The van der Waals surface area contributed by atoms with Gasteiger partial charge < -0.3 is 9.84 Å². The number of halogens is 1. The van der Waals surface area contributed by atoms with Gasteiger partial charge in [0.25, 0.3) is 0 Å². The summed E-state index contributed by atoms with van der Waals surface area (Å²) in [5, 5.41) is 9.13. The smallest absolute Gasteiger partial charge is 0.307 e. The van der Waals surface area contributed by atoms with Crippen LogP contribution in [0.4, 0.5) is 0 Å². The van der Waals surface area contributed by atoms with Gasteiger partial charge in [-0.2, -0.15) is 0 Å². The standard InChI is InChI=1S/C15H13ClO5S/c1-22(19,20)12-5-3-11(4-6-12)21-14-8-10(9-15(17)18)2-7-13(14)16/h2-8H,9H2,1H3,(H,17,18). The maximum Gasteiger partial charge on any atom is 0.307 e. The van der Waals surface area contributed by atoms with E-state index in [-0.39, 0.29) is 11.3 Å². The van der Waals surface area contributed by atoms with Crippen LogP contribution in [0.5, 0.6) is 11.5 Å². The van der Waals surface area contributed by atoms with Gasteiger partial charge >= 0.3 is 5.97 Å². The van der Waals surface area contributed by atoms with E-state index in [0.29, 0.717) is 22.1 Å². The third-order valence-electron chi connectivity index (χ3n) is 2.83. The van der Waals surface area contributed by atoms with Crippen LogP contribution in [0.2, 0.25) is 5.02 Å². The lowest BCUT2D eigenvalue weighted by molar-refractivity contribution is -0.136. The molecule has 2 aromatic rings. The molecule has 0 saturated carbocycles. The molecule has 0 aliphatic rings. The van der Waals surface area contributed by atoms with Gasteiger partial charge in [0.2, 0.25) is 0 Å². The van der Waals surface area contributed by atoms with E-state index < -0.39 is 15.8 Å². The van der Waals surface area contributed by atoms with Crippen LogP contribution in [0.25, 0.3) is 0 Å². The number of hydrogen-bond donors (Lipinski definition) is 1. The minimum absolute atomic E-state index is 0.138. The lowest BCUT2D eigenvalue weighted by Crippen LogP contribution is -2.00. The maximum atomic E-state index is 11.4. The minimum atomic E-state index is -3.27. The zero-order valence-corrected chi connectivity index (χ0v) is 13.2. The number of carboxylic acid groups (broad SMARTS) is 1. The van der Waals surface area contributed by atoms with E-state index in [0.717, 1.165) is 6.26 Å². The summed E-state index contributed by atoms with van der Waals surface area (Å²) in [6.07, 6.45) is 0.982. The Hall–Kier alpha value is -2.05. The Kier molecular flexibility index (Phi) is 4.73. The Balaban J connectivity index is 2.25. The van der Waals surface area contributed by atoms with Crippen molar-refractivity contribution in [1.29, 1.82) is 0 Å². The third kappa shape index (κ3) is 4.22. The van der Waals surface area contributed by atoms with Crippen molar-refractivity contribution in [2.75, 3.05) is 6.26 Å². The summed E-state index contributed by atoms with van der Waals surface area (Å²) in [7, 11) is -3.27. The van der Waals surface area contributed by atoms with Crippen LogP contribution in [0, 0.1) is 0 Å². The molecule has 0 amide bonds. The molecule has 22 heavy (non-hydrogen) atoms. The minimum Gasteiger partial charge on any atom is -0.481 e. The first kappa shape index (κ1) is 16.3. The van der Waals surface area contributed by atoms with Crippen LogP contribution in [0.1, 0.15) is 5.56 Å². The van der Waals surface area contributed by atoms with Crippen LogP contribution in [0.15, 0.2) is 47.4 Å². The molecule has 0 radical (unpaired) electrons. The van der Waals surface area contributed by atoms with E-state index in [2.05, 4.69) is 0 Å². The molecule has 0 saturated heterocycles. The van der Waals surface area contributed by atoms with Gasteiger partial charge in [0.05, 0.1) is 16.3 Å². The lowest BCUT2D eigenvalue weighted by Gasteiger charge is -2.09. The number of benzene rings is 2. The Morgan fingerprint density at radius 3 is 2.36 bits per heavy atom. The second-order valence-electron chi connectivity index (χ2n) is 4.68. The summed E-state index contributed by atoms with van der Waals surface area (Å²) in [5.41, 5.74) is 0.555. The third-order valence-corrected chi connectivity index (χ3v) is 4.27. The monoisotopic (exact) mass is 340 g/mol. The van der Waals surface area contributed by atoms with Crippen molar-refractivity contribution in [3.8, 4) is 11.5 Å². The predicted molar refractivity (Wildman–Crippen MR) is 82.4 cm³/mol. The Labute approximate surface area is 133 Å². The van der Waals surface area contributed by atoms with Crippen molar-refractivity contribution >= 4 is 27.4 Å². The Morgan fingerprint density at radius 2 is 1.82 bits per heavy atom. The molecule has 1 N–H and O–H groups in total. The molecule has 0 spiro atoms. The highest BCUT2D eigenvalue weighted by Gasteiger charge is 2.09. The van der Waals surface area contributed by atoms with Crippen molar-refractivity contribution < 1.29 is 23.1 Å². The molecule has 0 aliphatic heterocycles. The quantitative estimate of drug-likeness (QED) is 0.904. The lowest BCUT2D eigenvalue weighted by atomic mass is 10.1. The topological polar surface area (TPSA) is 80.7 Å². The first-order valence-corrected chi connectivity index (χ1v) is 8.51. The normalized spacial score (nSPS) is 11.2. The Morgan fingerprint density at radius 1 is 1.18 bits per heavy atom. The van der Waals surface area contributed by atoms with E-state index in [1.165, 1.54) is 24.3 Å². The zero-order valence-electron chi connectivity index (χ0n) is 11.6. The van der Waals surface area contributed by atoms with Gasteiger partial charge in [-0.1, -0.05) is 17.7 Å². The van der Waals surface area contributed by atoms with Crippen molar-refractivity contribution in [2.24, 2.45) is 0 Å². The number of carboxylic acids is 1. The van der Waals surface area contributed by atoms with Crippen molar-refractivity contribution in [3.05, 3.63) is 53.1 Å². The molecule has 5 nitrogen and oxygen atoms in total. The highest BCUT2D eigenvalue weighted by molar-refractivity contribution is 7.90. The highest BCUT2D eigenvalue weighted by Crippen LogP contribution is 2.31. The van der Waals surface area contributed by atoms with Gasteiger partial charge in [0, 0.05) is 6.26 Å². The summed E-state index contributed by atoms with van der Waals surface area (Å²) >= 11 is 6.02. The molecule has 2 aromatic carbocycles. The number of ether oxygens (including phenoxy) is 1. The summed E-state index contributed by atoms with van der Waals surface area (Å²) in [4.78, 5) is 10.9. The average Bonchev–Trinajstić information content (AvgIpc) is 2.41. The summed E-state index contributed by atoms with van der Waals surface area (Å²) in [5.74, 6) is -0.236. The second-order valence-corrected chi connectivity index (χ2v) is 7.10. The molecule has 0 heterocycles. The summed E-state index contributed by atoms with van der Waals surface area (Å²) in [6, 6.07) is 10.6. The van der Waals surface area contributed by atoms with Crippen LogP contribution >= 0.6 is 11.6 Å². The van der Waals surface area contributed by atoms with E-state index in [9.17, 15) is 13.2 Å². The van der Waals surface area contributed by atoms with Gasteiger partial charge in [-0.15, -0.1) is 0 Å². The van der Waals surface area contributed by atoms with Gasteiger partial charge in [-0.05, 0) is 42.0 Å². The molecule has 0 aliphatic carbocycles. The first-order chi connectivity index (χ1) is 10.3. The molecule has 0 unspecified atom stereocenters. The molecule has 0 atom stereocenters. The number of aliphatic carboxylic acids is 1. The molecule has 116 valence electrons. The van der Waals surface area contributed by atoms with E-state index in [1.54, 1.807) is 18.2 Å². The van der Waals surface area contributed by atoms with E-state index in [4.69, 9.17) is 21.4 Å². The SMILES string of the molecule is CS(=O)(=O)c1ccc(Oc2cc(CC(=O)O)ccc2Cl)cc1. The van der Waals surface area contributed by atoms with Crippen LogP contribution in [-0.2, 0) is 21.1 Å². The van der Waals surface area contributed by atoms with Crippen LogP contribution < -0.4 is 4.74 Å². The second kappa shape index (κ2) is 6.37. The number of carbonyl (C=O) groups is 1. The molecule has 7 heteroatoms. The first-order valence-electron chi connectivity index (χ1n) is 6.24. The molecule has 0 aromatic heterocycles. The fourth-order valence-electron chi connectivity index (χ4n) is 1.79. The molecule has 0 fully saturated rings. The summed E-state index contributed by atoms with van der Waals surface area (Å²) in [6.45, 7) is 0. The largest absolute Gasteiger partial charge is 0.481 e. The fourth-order valence-corrected chi connectivity index (χ4v) is 2.58. The fraction of sp³-hybridized carbons (Fsp3) is 0.133. The molecular weight excluding hydrogens is 328 g/mol.